The molecule has 6 atom stereocenters. The maximum atomic E-state index is 10.7. The zero-order valence-electron chi connectivity index (χ0n) is 19.4. The first-order valence-electron chi connectivity index (χ1n) is 11.4. The fraction of sp³-hybridized carbons (Fsp3) is 0.600. The van der Waals surface area contributed by atoms with Gasteiger partial charge in [0.15, 0.2) is 0 Å². The van der Waals surface area contributed by atoms with E-state index in [0.29, 0.717) is 12.3 Å². The van der Waals surface area contributed by atoms with Crippen LogP contribution < -0.4 is 0 Å². The third-order valence-electron chi connectivity index (χ3n) is 6.43. The van der Waals surface area contributed by atoms with Gasteiger partial charge in [-0.1, -0.05) is 0 Å². The standard InChI is InChI=1S/C25H36BBrO4S/c1-16(24-14-22(27)17(2)32-24)12-19(31-3)10-11-20-18(15-26)13-23(28)21(20)8-6-4-5-7-9-25(29)30/h4,6,10-11,14-16,18-21,23,26,28H,5,7-9,12-13H2,1-3H3,(H,29,30)/b6-4-,11-10+/t16?,18-,19+,20-,21+,23?/m0/s1. The van der Waals surface area contributed by atoms with Crippen LogP contribution in [0.25, 0.3) is 0 Å². The SMILES string of the molecule is B=C[C@@H]1CC(O)[C@H](C/C=C\CCCC(=O)O)[C@H]1/C=C/[C@H](CC(C)c1cc(Br)c(C)s1)OC. The van der Waals surface area contributed by atoms with Crippen LogP contribution in [0.4, 0.5) is 0 Å². The summed E-state index contributed by atoms with van der Waals surface area (Å²) < 4.78 is 6.94. The van der Waals surface area contributed by atoms with Gasteiger partial charge in [-0.2, -0.15) is 0 Å². The van der Waals surface area contributed by atoms with Crippen molar-refractivity contribution in [3.8, 4) is 0 Å². The number of ether oxygens (including phenoxy) is 1. The number of halogens is 1. The first-order chi connectivity index (χ1) is 15.3. The number of hydrogen-bond donors (Lipinski definition) is 2. The molecule has 1 aliphatic carbocycles. The van der Waals surface area contributed by atoms with E-state index in [0.717, 1.165) is 25.7 Å². The number of aliphatic carboxylic acids is 1. The van der Waals surface area contributed by atoms with Gasteiger partial charge in [-0.05, 0) is 0 Å². The van der Waals surface area contributed by atoms with E-state index in [1.807, 2.05) is 23.4 Å². The molecule has 1 heterocycles. The summed E-state index contributed by atoms with van der Waals surface area (Å²) in [5.74, 6) is 2.21. The van der Waals surface area contributed by atoms with E-state index in [-0.39, 0.29) is 36.4 Å². The van der Waals surface area contributed by atoms with Gasteiger partial charge in [0, 0.05) is 0 Å². The van der Waals surface area contributed by atoms with Crippen molar-refractivity contribution in [1.29, 1.82) is 0 Å². The Balaban J connectivity index is 1.99. The van der Waals surface area contributed by atoms with E-state index < -0.39 is 5.97 Å². The zero-order valence-corrected chi connectivity index (χ0v) is 21.8. The van der Waals surface area contributed by atoms with Crippen LogP contribution >= 0.6 is 27.3 Å². The van der Waals surface area contributed by atoms with Crippen molar-refractivity contribution in [3.63, 3.8) is 0 Å². The molecule has 0 spiro atoms. The van der Waals surface area contributed by atoms with Crippen LogP contribution in [-0.2, 0) is 9.53 Å². The molecular formula is C25H36BBrO4S. The van der Waals surface area contributed by atoms with Crippen LogP contribution in [0.2, 0.25) is 0 Å². The Labute approximate surface area is 206 Å². The van der Waals surface area contributed by atoms with Gasteiger partial charge in [0.05, 0.1) is 0 Å². The van der Waals surface area contributed by atoms with E-state index in [2.05, 4.69) is 61.6 Å². The molecule has 7 heteroatoms. The molecule has 0 saturated heterocycles. The second-order valence-corrected chi connectivity index (χ2v) is 10.9. The van der Waals surface area contributed by atoms with E-state index >= 15 is 0 Å². The monoisotopic (exact) mass is 522 g/mol. The molecule has 0 radical (unpaired) electrons. The number of aliphatic hydroxyl groups excluding tert-OH is 1. The molecule has 2 N–H and O–H groups in total. The van der Waals surface area contributed by atoms with Crippen molar-refractivity contribution in [2.24, 2.45) is 17.8 Å². The summed E-state index contributed by atoms with van der Waals surface area (Å²) in [4.78, 5) is 13.3. The Morgan fingerprint density at radius 2 is 2.19 bits per heavy atom. The Morgan fingerprint density at radius 3 is 2.78 bits per heavy atom. The van der Waals surface area contributed by atoms with Crippen molar-refractivity contribution in [2.45, 2.75) is 70.5 Å². The number of methoxy groups -OCH3 is 1. The second kappa shape index (κ2) is 13.6. The topological polar surface area (TPSA) is 66.8 Å². The van der Waals surface area contributed by atoms with Crippen molar-refractivity contribution in [1.82, 2.24) is 0 Å². The number of carbonyl (C=O) groups is 1. The molecular weight excluding hydrogens is 487 g/mol. The van der Waals surface area contributed by atoms with Gasteiger partial charge in [0.25, 0.3) is 0 Å². The van der Waals surface area contributed by atoms with E-state index in [9.17, 15) is 9.90 Å². The Hall–Kier alpha value is -1.02. The molecule has 1 aliphatic rings. The van der Waals surface area contributed by atoms with Gasteiger partial charge in [0.1, 0.15) is 0 Å². The van der Waals surface area contributed by atoms with Gasteiger partial charge in [-0.3, -0.25) is 0 Å². The number of carboxylic acids is 1. The van der Waals surface area contributed by atoms with Gasteiger partial charge in [-0.25, -0.2) is 0 Å². The van der Waals surface area contributed by atoms with Crippen LogP contribution in [0.15, 0.2) is 34.8 Å². The average Bonchev–Trinajstić information content (AvgIpc) is 3.25. The van der Waals surface area contributed by atoms with E-state index in [4.69, 9.17) is 9.84 Å². The molecule has 176 valence electrons. The normalized spacial score (nSPS) is 25.5. The number of carboxylic acid groups (broad SMARTS) is 1. The number of allylic oxidation sites excluding steroid dienone is 3. The van der Waals surface area contributed by atoms with Crippen molar-refractivity contribution < 1.29 is 19.7 Å². The predicted octanol–water partition coefficient (Wildman–Crippen LogP) is 5.40. The number of rotatable bonds is 13. The number of thiophene rings is 1. The summed E-state index contributed by atoms with van der Waals surface area (Å²) in [5.41, 5.74) is 0. The zero-order chi connectivity index (χ0) is 23.7. The summed E-state index contributed by atoms with van der Waals surface area (Å²) in [6, 6.07) is 2.21. The summed E-state index contributed by atoms with van der Waals surface area (Å²) in [6.45, 7) is 4.36. The molecule has 4 nitrogen and oxygen atoms in total. The molecule has 1 fully saturated rings. The predicted molar refractivity (Wildman–Crippen MR) is 139 cm³/mol. The van der Waals surface area contributed by atoms with Crippen molar-refractivity contribution in [3.05, 3.63) is 44.6 Å². The molecule has 0 aliphatic heterocycles. The molecule has 0 amide bonds. The van der Waals surface area contributed by atoms with Gasteiger partial charge < -0.3 is 0 Å². The third kappa shape index (κ3) is 8.09. The fourth-order valence-corrected chi connectivity index (χ4v) is 6.10. The molecule has 0 aromatic carbocycles. The molecule has 2 unspecified atom stereocenters. The third-order valence-corrected chi connectivity index (χ3v) is 8.80. The van der Waals surface area contributed by atoms with Crippen LogP contribution in [0.3, 0.4) is 0 Å². The first kappa shape index (κ1) is 27.2. The minimum atomic E-state index is -0.757. The first-order valence-corrected chi connectivity index (χ1v) is 13.0. The Morgan fingerprint density at radius 1 is 1.44 bits per heavy atom. The van der Waals surface area contributed by atoms with E-state index in [1.54, 1.807) is 7.11 Å². The van der Waals surface area contributed by atoms with Gasteiger partial charge >= 0.3 is 206 Å². The summed E-state index contributed by atoms with van der Waals surface area (Å²) in [6.07, 6.45) is 12.2. The van der Waals surface area contributed by atoms with Crippen LogP contribution in [0, 0.1) is 24.7 Å². The summed E-state index contributed by atoms with van der Waals surface area (Å²) in [5, 5.41) is 19.4. The summed E-state index contributed by atoms with van der Waals surface area (Å²) >= 11 is 5.44. The molecule has 1 saturated carbocycles. The molecule has 32 heavy (non-hydrogen) atoms. The van der Waals surface area contributed by atoms with Crippen molar-refractivity contribution >= 4 is 46.7 Å². The number of unbranched alkanes of at least 4 members (excludes halogenated alkanes) is 1. The van der Waals surface area contributed by atoms with Gasteiger partial charge in [-0.15, -0.1) is 0 Å². The molecule has 1 aromatic rings. The quantitative estimate of drug-likeness (QED) is 0.207. The second-order valence-electron chi connectivity index (χ2n) is 8.79. The number of hydrogen-bond acceptors (Lipinski definition) is 4. The van der Waals surface area contributed by atoms with Crippen LogP contribution in [0.1, 0.15) is 61.1 Å². The van der Waals surface area contributed by atoms with Crippen LogP contribution in [0.5, 0.6) is 0 Å². The number of aliphatic hydroxyl groups is 1. The van der Waals surface area contributed by atoms with Crippen molar-refractivity contribution in [2.75, 3.05) is 7.11 Å². The molecule has 1 aromatic heterocycles. The Kier molecular flexibility index (Phi) is 11.6. The Bertz CT molecular complexity index is 786. The fourth-order valence-electron chi connectivity index (χ4n) is 4.47. The number of aryl methyl sites for hydroxylation is 1. The molecule has 0 bridgehead atoms. The van der Waals surface area contributed by atoms with Crippen LogP contribution in [-0.4, -0.2) is 49.0 Å². The minimum absolute atomic E-state index is 0.0154. The van der Waals surface area contributed by atoms with Gasteiger partial charge in [0.2, 0.25) is 0 Å². The summed E-state index contributed by atoms with van der Waals surface area (Å²) in [7, 11) is 5.75. The molecule has 2 rings (SSSR count). The maximum absolute atomic E-state index is 10.7. The van der Waals surface area contributed by atoms with E-state index in [1.165, 1.54) is 14.2 Å². The average molecular weight is 523 g/mol.